The molecule has 0 radical (unpaired) electrons. The fourth-order valence-electron chi connectivity index (χ4n) is 4.16. The van der Waals surface area contributed by atoms with Crippen molar-refractivity contribution in [2.24, 2.45) is 0 Å². The van der Waals surface area contributed by atoms with Gasteiger partial charge >= 0.3 is 0 Å². The number of para-hydroxylation sites is 1. The number of benzene rings is 3. The van der Waals surface area contributed by atoms with Crippen LogP contribution in [0.4, 0.5) is 17.5 Å². The van der Waals surface area contributed by atoms with Gasteiger partial charge in [0.15, 0.2) is 0 Å². The van der Waals surface area contributed by atoms with Crippen molar-refractivity contribution < 1.29 is 17.9 Å². The zero-order chi connectivity index (χ0) is 26.5. The van der Waals surface area contributed by atoms with Crippen LogP contribution in [0.1, 0.15) is 5.69 Å². The minimum absolute atomic E-state index is 0.240. The summed E-state index contributed by atoms with van der Waals surface area (Å²) in [6.07, 6.45) is 0. The van der Waals surface area contributed by atoms with E-state index in [9.17, 15) is 8.42 Å². The SMILES string of the molecule is COc1ccc(Nc2cc(C)nc(N3CCN(S(=O)(=O)c4ccc(Oc5ccccc5)cc4)CC3)n2)cc1. The van der Waals surface area contributed by atoms with Crippen LogP contribution in [0.5, 0.6) is 17.2 Å². The Bertz CT molecular complexity index is 1470. The van der Waals surface area contributed by atoms with Gasteiger partial charge in [0.2, 0.25) is 16.0 Å². The molecular weight excluding hydrogens is 502 g/mol. The Labute approximate surface area is 222 Å². The minimum atomic E-state index is -3.63. The summed E-state index contributed by atoms with van der Waals surface area (Å²) in [4.78, 5) is 11.5. The summed E-state index contributed by atoms with van der Waals surface area (Å²) in [7, 11) is -2.00. The maximum atomic E-state index is 13.3. The molecule has 1 aliphatic heterocycles. The van der Waals surface area contributed by atoms with E-state index in [0.717, 1.165) is 17.1 Å². The molecule has 0 spiro atoms. The van der Waals surface area contributed by atoms with E-state index in [1.165, 1.54) is 4.31 Å². The summed E-state index contributed by atoms with van der Waals surface area (Å²) in [5.74, 6) is 3.29. The maximum Gasteiger partial charge on any atom is 0.243 e. The predicted octanol–water partition coefficient (Wildman–Crippen LogP) is 4.84. The molecule has 0 amide bonds. The summed E-state index contributed by atoms with van der Waals surface area (Å²) < 4.78 is 39.0. The van der Waals surface area contributed by atoms with E-state index in [-0.39, 0.29) is 4.90 Å². The first-order valence-corrected chi connectivity index (χ1v) is 13.7. The first kappa shape index (κ1) is 25.5. The van der Waals surface area contributed by atoms with Gasteiger partial charge in [0.25, 0.3) is 0 Å². The lowest BCUT2D eigenvalue weighted by Gasteiger charge is -2.34. The number of piperazine rings is 1. The Hall–Kier alpha value is -4.15. The largest absolute Gasteiger partial charge is 0.497 e. The lowest BCUT2D eigenvalue weighted by atomic mass is 10.3. The van der Waals surface area contributed by atoms with E-state index in [4.69, 9.17) is 9.47 Å². The Morgan fingerprint density at radius 2 is 1.42 bits per heavy atom. The number of nitrogens with one attached hydrogen (secondary N) is 1. The van der Waals surface area contributed by atoms with Gasteiger partial charge in [0, 0.05) is 43.6 Å². The predicted molar refractivity (Wildman–Crippen MR) is 147 cm³/mol. The highest BCUT2D eigenvalue weighted by Crippen LogP contribution is 2.26. The van der Waals surface area contributed by atoms with E-state index >= 15 is 0 Å². The summed E-state index contributed by atoms with van der Waals surface area (Å²) in [6, 6.07) is 25.3. The monoisotopic (exact) mass is 531 g/mol. The molecule has 38 heavy (non-hydrogen) atoms. The van der Waals surface area contributed by atoms with Crippen LogP contribution < -0.4 is 19.7 Å². The van der Waals surface area contributed by atoms with E-state index < -0.39 is 10.0 Å². The van der Waals surface area contributed by atoms with Crippen molar-refractivity contribution >= 4 is 27.5 Å². The third-order valence-corrected chi connectivity index (χ3v) is 8.08. The average Bonchev–Trinajstić information content (AvgIpc) is 2.94. The molecule has 0 bridgehead atoms. The second kappa shape index (κ2) is 11.1. The number of rotatable bonds is 8. The van der Waals surface area contributed by atoms with Gasteiger partial charge in [0.1, 0.15) is 23.1 Å². The van der Waals surface area contributed by atoms with Crippen LogP contribution in [0.3, 0.4) is 0 Å². The van der Waals surface area contributed by atoms with Crippen LogP contribution >= 0.6 is 0 Å². The highest BCUT2D eigenvalue weighted by atomic mass is 32.2. The topological polar surface area (TPSA) is 96.9 Å². The van der Waals surface area contributed by atoms with Gasteiger partial charge in [0.05, 0.1) is 12.0 Å². The van der Waals surface area contributed by atoms with Crippen LogP contribution in [-0.4, -0.2) is 56.0 Å². The molecule has 0 saturated carbocycles. The number of hydrogen-bond donors (Lipinski definition) is 1. The van der Waals surface area contributed by atoms with Gasteiger partial charge in [-0.15, -0.1) is 0 Å². The van der Waals surface area contributed by atoms with E-state index in [0.29, 0.717) is 49.4 Å². The van der Waals surface area contributed by atoms with Crippen molar-refractivity contribution in [3.8, 4) is 17.2 Å². The third-order valence-electron chi connectivity index (χ3n) is 6.17. The molecule has 4 aromatic rings. The molecule has 5 rings (SSSR count). The van der Waals surface area contributed by atoms with Crippen LogP contribution in [0.2, 0.25) is 0 Å². The van der Waals surface area contributed by atoms with Crippen molar-refractivity contribution in [2.45, 2.75) is 11.8 Å². The van der Waals surface area contributed by atoms with Gasteiger partial charge in [-0.05, 0) is 67.6 Å². The fraction of sp³-hybridized carbons (Fsp3) is 0.214. The summed E-state index contributed by atoms with van der Waals surface area (Å²) in [5.41, 5.74) is 1.70. The first-order valence-electron chi connectivity index (χ1n) is 12.3. The van der Waals surface area contributed by atoms with Crippen molar-refractivity contribution in [1.29, 1.82) is 0 Å². The standard InChI is InChI=1S/C28H29N5O4S/c1-21-20-27(30-22-8-10-23(36-2)11-9-22)31-28(29-21)32-16-18-33(19-17-32)38(34,35)26-14-12-25(13-15-26)37-24-6-4-3-5-7-24/h3-15,20H,16-19H2,1-2H3,(H,29,30,31). The number of aromatic nitrogens is 2. The normalized spacial score (nSPS) is 14.2. The molecule has 9 nitrogen and oxygen atoms in total. The van der Waals surface area contributed by atoms with Crippen molar-refractivity contribution in [3.63, 3.8) is 0 Å². The van der Waals surface area contributed by atoms with E-state index in [2.05, 4.69) is 15.3 Å². The molecule has 0 atom stereocenters. The molecule has 10 heteroatoms. The number of sulfonamides is 1. The van der Waals surface area contributed by atoms with Gasteiger partial charge in [-0.25, -0.2) is 13.4 Å². The average molecular weight is 532 g/mol. The van der Waals surface area contributed by atoms with Crippen LogP contribution in [0, 0.1) is 6.92 Å². The lowest BCUT2D eigenvalue weighted by molar-refractivity contribution is 0.382. The molecule has 1 aliphatic rings. The molecule has 3 aromatic carbocycles. The van der Waals surface area contributed by atoms with Crippen molar-refractivity contribution in [1.82, 2.24) is 14.3 Å². The zero-order valence-electron chi connectivity index (χ0n) is 21.2. The Morgan fingerprint density at radius 1 is 0.789 bits per heavy atom. The van der Waals surface area contributed by atoms with Crippen LogP contribution in [-0.2, 0) is 10.0 Å². The third kappa shape index (κ3) is 5.87. The second-order valence-corrected chi connectivity index (χ2v) is 10.8. The first-order chi connectivity index (χ1) is 18.4. The maximum absolute atomic E-state index is 13.3. The Balaban J connectivity index is 1.23. The molecule has 1 fully saturated rings. The van der Waals surface area contributed by atoms with E-state index in [1.807, 2.05) is 72.5 Å². The minimum Gasteiger partial charge on any atom is -0.497 e. The molecule has 1 saturated heterocycles. The molecule has 0 aliphatic carbocycles. The molecule has 196 valence electrons. The van der Waals surface area contributed by atoms with Crippen LogP contribution in [0.25, 0.3) is 0 Å². The quantitative estimate of drug-likeness (QED) is 0.345. The summed E-state index contributed by atoms with van der Waals surface area (Å²) >= 11 is 0. The highest BCUT2D eigenvalue weighted by molar-refractivity contribution is 7.89. The van der Waals surface area contributed by atoms with Gasteiger partial charge < -0.3 is 19.7 Å². The van der Waals surface area contributed by atoms with Gasteiger partial charge in [-0.2, -0.15) is 9.29 Å². The molecule has 0 unspecified atom stereocenters. The van der Waals surface area contributed by atoms with Gasteiger partial charge in [-0.1, -0.05) is 18.2 Å². The lowest BCUT2D eigenvalue weighted by Crippen LogP contribution is -2.49. The number of aryl methyl sites for hydroxylation is 1. The molecular formula is C28H29N5O4S. The number of methoxy groups -OCH3 is 1. The number of nitrogens with zero attached hydrogens (tertiary/aromatic N) is 4. The summed E-state index contributed by atoms with van der Waals surface area (Å²) in [5, 5.41) is 3.30. The van der Waals surface area contributed by atoms with E-state index in [1.54, 1.807) is 31.4 Å². The number of anilines is 3. The number of ether oxygens (including phenoxy) is 2. The fourth-order valence-corrected chi connectivity index (χ4v) is 5.58. The zero-order valence-corrected chi connectivity index (χ0v) is 22.1. The Kier molecular flexibility index (Phi) is 7.43. The Morgan fingerprint density at radius 3 is 2.08 bits per heavy atom. The van der Waals surface area contributed by atoms with Crippen molar-refractivity contribution in [2.75, 3.05) is 43.5 Å². The van der Waals surface area contributed by atoms with Crippen molar-refractivity contribution in [3.05, 3.63) is 90.6 Å². The molecule has 1 N–H and O–H groups in total. The summed E-state index contributed by atoms with van der Waals surface area (Å²) in [6.45, 7) is 3.56. The molecule has 1 aromatic heterocycles. The second-order valence-electron chi connectivity index (χ2n) is 8.83. The van der Waals surface area contributed by atoms with Crippen LogP contribution in [0.15, 0.2) is 89.8 Å². The van der Waals surface area contributed by atoms with Gasteiger partial charge in [-0.3, -0.25) is 0 Å². The number of hydrogen-bond acceptors (Lipinski definition) is 8. The smallest absolute Gasteiger partial charge is 0.243 e. The highest BCUT2D eigenvalue weighted by Gasteiger charge is 2.29. The molecule has 2 heterocycles.